The molecule has 2 rings (SSSR count). The summed E-state index contributed by atoms with van der Waals surface area (Å²) in [4.78, 5) is 29.1. The average Bonchev–Trinajstić information content (AvgIpc) is 2.77. The van der Waals surface area contributed by atoms with Crippen molar-refractivity contribution in [2.75, 3.05) is 24.3 Å². The molecule has 0 N–H and O–H groups in total. The van der Waals surface area contributed by atoms with E-state index in [2.05, 4.69) is 4.98 Å². The summed E-state index contributed by atoms with van der Waals surface area (Å²) in [7, 11) is 1.55. The highest BCUT2D eigenvalue weighted by atomic mass is 32.2. The number of rotatable bonds is 4. The van der Waals surface area contributed by atoms with Crippen LogP contribution in [0.5, 0.6) is 5.88 Å². The Morgan fingerprint density at radius 3 is 3.00 bits per heavy atom. The molecule has 0 bridgehead atoms. The van der Waals surface area contributed by atoms with Crippen molar-refractivity contribution >= 4 is 28.5 Å². The number of carbonyl (C=O) groups excluding carboxylic acids is 2. The smallest absolute Gasteiger partial charge is 0.237 e. The molecule has 1 atom stereocenters. The number of aromatic nitrogens is 1. The Labute approximate surface area is 122 Å². The molecule has 1 fully saturated rings. The van der Waals surface area contributed by atoms with Crippen molar-refractivity contribution in [3.63, 3.8) is 0 Å². The fourth-order valence-corrected chi connectivity index (χ4v) is 3.04. The van der Waals surface area contributed by atoms with Crippen molar-refractivity contribution in [1.29, 1.82) is 0 Å². The van der Waals surface area contributed by atoms with Gasteiger partial charge in [-0.3, -0.25) is 9.59 Å². The minimum absolute atomic E-state index is 0.0635. The monoisotopic (exact) mass is 294 g/mol. The van der Waals surface area contributed by atoms with Crippen LogP contribution in [0.4, 0.5) is 5.69 Å². The molecule has 1 amide bonds. The lowest BCUT2D eigenvalue weighted by Gasteiger charge is -2.20. The number of methoxy groups -OCH3 is 1. The van der Waals surface area contributed by atoms with E-state index in [1.54, 1.807) is 25.1 Å². The van der Waals surface area contributed by atoms with Gasteiger partial charge in [-0.2, -0.15) is 0 Å². The van der Waals surface area contributed by atoms with Crippen LogP contribution in [-0.2, 0) is 9.59 Å². The molecule has 0 aliphatic carbocycles. The second-order valence-electron chi connectivity index (χ2n) is 4.86. The molecule has 0 saturated carbocycles. The highest BCUT2D eigenvalue weighted by Crippen LogP contribution is 2.35. The first-order valence-electron chi connectivity index (χ1n) is 6.46. The van der Waals surface area contributed by atoms with E-state index < -0.39 is 0 Å². The molecule has 1 unspecified atom stereocenters. The van der Waals surface area contributed by atoms with Crippen LogP contribution in [-0.4, -0.2) is 35.4 Å². The van der Waals surface area contributed by atoms with Crippen molar-refractivity contribution in [1.82, 2.24) is 4.98 Å². The maximum Gasteiger partial charge on any atom is 0.237 e. The van der Waals surface area contributed by atoms with Gasteiger partial charge in [0.05, 0.1) is 7.11 Å². The van der Waals surface area contributed by atoms with E-state index in [1.807, 2.05) is 13.0 Å². The number of hydrogen-bond donors (Lipinski definition) is 0. The van der Waals surface area contributed by atoms with Gasteiger partial charge in [-0.25, -0.2) is 4.98 Å². The fraction of sp³-hybridized carbons (Fsp3) is 0.500. The predicted octanol–water partition coefficient (Wildman–Crippen LogP) is 2.03. The van der Waals surface area contributed by atoms with Gasteiger partial charge in [-0.15, -0.1) is 0 Å². The van der Waals surface area contributed by atoms with Crippen molar-refractivity contribution in [3.8, 4) is 5.88 Å². The SMILES string of the molecule is COc1nccc(C)c1N1CC(CSC(C)=O)CC1=O. The van der Waals surface area contributed by atoms with Crippen LogP contribution in [0.2, 0.25) is 0 Å². The molecule has 20 heavy (non-hydrogen) atoms. The molecule has 0 spiro atoms. The van der Waals surface area contributed by atoms with Crippen molar-refractivity contribution < 1.29 is 14.3 Å². The number of hydrogen-bond acceptors (Lipinski definition) is 5. The molecule has 0 aromatic carbocycles. The van der Waals surface area contributed by atoms with E-state index in [9.17, 15) is 9.59 Å². The summed E-state index contributed by atoms with van der Waals surface area (Å²) in [5, 5.41) is 0.0889. The number of amides is 1. The molecule has 0 radical (unpaired) electrons. The molecule has 1 aliphatic rings. The Balaban J connectivity index is 2.18. The minimum Gasteiger partial charge on any atom is -0.480 e. The highest BCUT2D eigenvalue weighted by Gasteiger charge is 2.33. The second-order valence-corrected chi connectivity index (χ2v) is 6.06. The second kappa shape index (κ2) is 6.26. The van der Waals surface area contributed by atoms with Crippen LogP contribution < -0.4 is 9.64 Å². The standard InChI is InChI=1S/C14H18N2O3S/c1-9-4-5-15-14(19-3)13(9)16-7-11(6-12(16)18)8-20-10(2)17/h4-5,11H,6-8H2,1-3H3. The van der Waals surface area contributed by atoms with Crippen LogP contribution in [0.15, 0.2) is 12.3 Å². The Morgan fingerprint density at radius 2 is 2.35 bits per heavy atom. The third-order valence-electron chi connectivity index (χ3n) is 3.28. The van der Waals surface area contributed by atoms with Gasteiger partial charge < -0.3 is 9.64 Å². The molecule has 5 nitrogen and oxygen atoms in total. The van der Waals surface area contributed by atoms with Crippen LogP contribution in [0.1, 0.15) is 18.9 Å². The van der Waals surface area contributed by atoms with Gasteiger partial charge in [0.2, 0.25) is 11.8 Å². The highest BCUT2D eigenvalue weighted by molar-refractivity contribution is 8.13. The first-order valence-corrected chi connectivity index (χ1v) is 7.44. The summed E-state index contributed by atoms with van der Waals surface area (Å²) in [6, 6.07) is 1.86. The first-order chi connectivity index (χ1) is 9.52. The van der Waals surface area contributed by atoms with Crippen LogP contribution in [0.3, 0.4) is 0 Å². The molecule has 1 aromatic heterocycles. The van der Waals surface area contributed by atoms with E-state index in [4.69, 9.17) is 4.74 Å². The molecule has 1 aliphatic heterocycles. The van der Waals surface area contributed by atoms with Crippen LogP contribution in [0.25, 0.3) is 0 Å². The van der Waals surface area contributed by atoms with Crippen LogP contribution >= 0.6 is 11.8 Å². The summed E-state index contributed by atoms with van der Waals surface area (Å²) in [5.41, 5.74) is 1.71. The zero-order valence-electron chi connectivity index (χ0n) is 11.9. The maximum absolute atomic E-state index is 12.2. The summed E-state index contributed by atoms with van der Waals surface area (Å²) in [6.45, 7) is 4.10. The number of nitrogens with zero attached hydrogens (tertiary/aromatic N) is 2. The third kappa shape index (κ3) is 3.12. The largest absolute Gasteiger partial charge is 0.480 e. The number of anilines is 1. The minimum atomic E-state index is 0.0635. The number of thioether (sulfide) groups is 1. The van der Waals surface area contributed by atoms with E-state index in [0.29, 0.717) is 24.6 Å². The van der Waals surface area contributed by atoms with Crippen molar-refractivity contribution in [2.45, 2.75) is 20.3 Å². The topological polar surface area (TPSA) is 59.5 Å². The van der Waals surface area contributed by atoms with E-state index in [1.165, 1.54) is 11.8 Å². The lowest BCUT2D eigenvalue weighted by atomic mass is 10.1. The number of pyridine rings is 1. The lowest BCUT2D eigenvalue weighted by molar-refractivity contribution is -0.117. The van der Waals surface area contributed by atoms with Crippen molar-refractivity contribution in [2.24, 2.45) is 5.92 Å². The molecule has 108 valence electrons. The van der Waals surface area contributed by atoms with Gasteiger partial charge in [-0.1, -0.05) is 11.8 Å². The Kier molecular flexibility index (Phi) is 4.65. The van der Waals surface area contributed by atoms with Crippen molar-refractivity contribution in [3.05, 3.63) is 17.8 Å². The van der Waals surface area contributed by atoms with Gasteiger partial charge in [0.15, 0.2) is 5.12 Å². The van der Waals surface area contributed by atoms with Crippen LogP contribution in [0, 0.1) is 12.8 Å². The number of carbonyl (C=O) groups is 2. The number of aryl methyl sites for hydroxylation is 1. The fourth-order valence-electron chi connectivity index (χ4n) is 2.35. The molecule has 1 saturated heterocycles. The van der Waals surface area contributed by atoms with E-state index in [-0.39, 0.29) is 16.9 Å². The summed E-state index contributed by atoms with van der Waals surface area (Å²) in [5.74, 6) is 1.41. The summed E-state index contributed by atoms with van der Waals surface area (Å²) in [6.07, 6.45) is 2.14. The normalized spacial score (nSPS) is 18.4. The van der Waals surface area contributed by atoms with Gasteiger partial charge in [0, 0.05) is 31.8 Å². The van der Waals surface area contributed by atoms with Gasteiger partial charge >= 0.3 is 0 Å². The molecule has 6 heteroatoms. The quantitative estimate of drug-likeness (QED) is 0.850. The van der Waals surface area contributed by atoms with E-state index >= 15 is 0 Å². The summed E-state index contributed by atoms with van der Waals surface area (Å²) >= 11 is 1.28. The zero-order valence-corrected chi connectivity index (χ0v) is 12.7. The zero-order chi connectivity index (χ0) is 14.7. The molecule has 1 aromatic rings. The molecular formula is C14H18N2O3S. The molecule has 2 heterocycles. The Bertz CT molecular complexity index is 533. The molecular weight excluding hydrogens is 276 g/mol. The van der Waals surface area contributed by atoms with Gasteiger partial charge in [0.1, 0.15) is 5.69 Å². The summed E-state index contributed by atoms with van der Waals surface area (Å²) < 4.78 is 5.26. The average molecular weight is 294 g/mol. The maximum atomic E-state index is 12.2. The Hall–Kier alpha value is -1.56. The number of ether oxygens (including phenoxy) is 1. The van der Waals surface area contributed by atoms with Gasteiger partial charge in [-0.05, 0) is 24.5 Å². The Morgan fingerprint density at radius 1 is 1.60 bits per heavy atom. The van der Waals surface area contributed by atoms with Gasteiger partial charge in [0.25, 0.3) is 0 Å². The first kappa shape index (κ1) is 14.8. The lowest BCUT2D eigenvalue weighted by Crippen LogP contribution is -2.26. The van der Waals surface area contributed by atoms with E-state index in [0.717, 1.165) is 11.3 Å². The predicted molar refractivity (Wildman–Crippen MR) is 79.1 cm³/mol. The third-order valence-corrected chi connectivity index (χ3v) is 4.33.